The van der Waals surface area contributed by atoms with Crippen molar-refractivity contribution in [1.82, 2.24) is 4.90 Å². The van der Waals surface area contributed by atoms with Crippen molar-refractivity contribution in [3.8, 4) is 0 Å². The second kappa shape index (κ2) is 5.15. The predicted octanol–water partition coefficient (Wildman–Crippen LogP) is 3.51. The van der Waals surface area contributed by atoms with Gasteiger partial charge in [0, 0.05) is 4.88 Å². The average Bonchev–Trinajstić information content (AvgIpc) is 2.87. The van der Waals surface area contributed by atoms with Crippen LogP contribution >= 0.6 is 22.9 Å². The quantitative estimate of drug-likeness (QED) is 0.715. The summed E-state index contributed by atoms with van der Waals surface area (Å²) in [6.45, 7) is 3.70. The van der Waals surface area contributed by atoms with Crippen molar-refractivity contribution in [2.45, 2.75) is 24.6 Å². The fourth-order valence-electron chi connectivity index (χ4n) is 1.91. The molecule has 1 saturated heterocycles. The zero-order valence-electron chi connectivity index (χ0n) is 8.29. The molecule has 2 heterocycles. The summed E-state index contributed by atoms with van der Waals surface area (Å²) in [4.78, 5) is 3.83. The molecule has 1 aromatic rings. The Bertz CT molecular complexity index is 254. The van der Waals surface area contributed by atoms with E-state index in [4.69, 9.17) is 11.6 Å². The highest BCUT2D eigenvalue weighted by atomic mass is 35.5. The molecule has 0 aliphatic carbocycles. The van der Waals surface area contributed by atoms with Gasteiger partial charge in [-0.1, -0.05) is 6.07 Å². The molecule has 0 saturated carbocycles. The van der Waals surface area contributed by atoms with Gasteiger partial charge in [-0.05, 0) is 50.3 Å². The van der Waals surface area contributed by atoms with E-state index in [-0.39, 0.29) is 5.38 Å². The molecule has 1 atom stereocenters. The third-order valence-corrected chi connectivity index (χ3v) is 4.32. The minimum Gasteiger partial charge on any atom is -0.303 e. The highest BCUT2D eigenvalue weighted by Gasteiger charge is 2.14. The van der Waals surface area contributed by atoms with E-state index < -0.39 is 0 Å². The van der Waals surface area contributed by atoms with Crippen molar-refractivity contribution in [3.05, 3.63) is 22.4 Å². The maximum absolute atomic E-state index is 6.31. The van der Waals surface area contributed by atoms with Crippen LogP contribution in [0.4, 0.5) is 0 Å². The summed E-state index contributed by atoms with van der Waals surface area (Å²) in [5.41, 5.74) is 0. The molecule has 0 N–H and O–H groups in total. The Hall–Kier alpha value is -0.0500. The maximum atomic E-state index is 6.31. The lowest BCUT2D eigenvalue weighted by molar-refractivity contribution is 0.332. The molecule has 78 valence electrons. The van der Waals surface area contributed by atoms with Gasteiger partial charge in [0.15, 0.2) is 0 Å². The van der Waals surface area contributed by atoms with Gasteiger partial charge in [-0.25, -0.2) is 0 Å². The average molecular weight is 230 g/mol. The molecule has 1 nitrogen and oxygen atoms in total. The van der Waals surface area contributed by atoms with Crippen molar-refractivity contribution < 1.29 is 0 Å². The molecule has 0 spiro atoms. The summed E-state index contributed by atoms with van der Waals surface area (Å²) >= 11 is 8.07. The van der Waals surface area contributed by atoms with Gasteiger partial charge in [-0.15, -0.1) is 22.9 Å². The lowest BCUT2D eigenvalue weighted by Gasteiger charge is -2.16. The standard InChI is InChI=1S/C11H16ClNS/c12-10(11-4-3-9-14-11)5-8-13-6-1-2-7-13/h3-4,9-10H,1-2,5-8H2. The molecule has 1 fully saturated rings. The van der Waals surface area contributed by atoms with E-state index in [1.807, 2.05) is 0 Å². The molecular weight excluding hydrogens is 214 g/mol. The van der Waals surface area contributed by atoms with E-state index >= 15 is 0 Å². The van der Waals surface area contributed by atoms with Gasteiger partial charge in [0.1, 0.15) is 0 Å². The molecule has 0 amide bonds. The van der Waals surface area contributed by atoms with Crippen molar-refractivity contribution in [2.24, 2.45) is 0 Å². The summed E-state index contributed by atoms with van der Waals surface area (Å²) in [7, 11) is 0. The lowest BCUT2D eigenvalue weighted by Crippen LogP contribution is -2.21. The van der Waals surface area contributed by atoms with Gasteiger partial charge in [-0.3, -0.25) is 0 Å². The van der Waals surface area contributed by atoms with E-state index in [1.54, 1.807) is 11.3 Å². The number of rotatable bonds is 4. The normalized spacial score (nSPS) is 20.1. The Morgan fingerprint density at radius 3 is 2.86 bits per heavy atom. The third-order valence-electron chi connectivity index (χ3n) is 2.75. The smallest absolute Gasteiger partial charge is 0.0690 e. The highest BCUT2D eigenvalue weighted by Crippen LogP contribution is 2.28. The fourth-order valence-corrected chi connectivity index (χ4v) is 2.98. The molecule has 1 aromatic heterocycles. The highest BCUT2D eigenvalue weighted by molar-refractivity contribution is 7.10. The first-order valence-electron chi connectivity index (χ1n) is 5.26. The van der Waals surface area contributed by atoms with Gasteiger partial charge >= 0.3 is 0 Å². The van der Waals surface area contributed by atoms with E-state index in [1.165, 1.54) is 30.8 Å². The number of halogens is 1. The van der Waals surface area contributed by atoms with E-state index in [0.717, 1.165) is 13.0 Å². The lowest BCUT2D eigenvalue weighted by atomic mass is 10.2. The number of alkyl halides is 1. The third kappa shape index (κ3) is 2.72. The minimum absolute atomic E-state index is 0.218. The largest absolute Gasteiger partial charge is 0.303 e. The zero-order valence-corrected chi connectivity index (χ0v) is 9.86. The molecule has 1 unspecified atom stereocenters. The van der Waals surface area contributed by atoms with Crippen LogP contribution in [0.1, 0.15) is 29.5 Å². The molecule has 3 heteroatoms. The molecule has 0 aromatic carbocycles. The van der Waals surface area contributed by atoms with Crippen molar-refractivity contribution in [2.75, 3.05) is 19.6 Å². The van der Waals surface area contributed by atoms with Gasteiger partial charge < -0.3 is 4.90 Å². The van der Waals surface area contributed by atoms with Crippen molar-refractivity contribution in [3.63, 3.8) is 0 Å². The van der Waals surface area contributed by atoms with Crippen LogP contribution in [0, 0.1) is 0 Å². The van der Waals surface area contributed by atoms with Crippen LogP contribution in [0.5, 0.6) is 0 Å². The SMILES string of the molecule is ClC(CCN1CCCC1)c1cccs1. The van der Waals surface area contributed by atoms with Crippen LogP contribution in [0.25, 0.3) is 0 Å². The Balaban J connectivity index is 1.74. The van der Waals surface area contributed by atoms with Crippen LogP contribution in [0.2, 0.25) is 0 Å². The Morgan fingerprint density at radius 2 is 2.21 bits per heavy atom. The second-order valence-corrected chi connectivity index (χ2v) is 5.33. The number of likely N-dealkylation sites (tertiary alicyclic amines) is 1. The van der Waals surface area contributed by atoms with E-state index in [9.17, 15) is 0 Å². The Morgan fingerprint density at radius 1 is 1.43 bits per heavy atom. The Kier molecular flexibility index (Phi) is 3.85. The van der Waals surface area contributed by atoms with Crippen LogP contribution in [-0.4, -0.2) is 24.5 Å². The van der Waals surface area contributed by atoms with Crippen molar-refractivity contribution in [1.29, 1.82) is 0 Å². The number of hydrogen-bond acceptors (Lipinski definition) is 2. The molecule has 1 aliphatic heterocycles. The first-order valence-corrected chi connectivity index (χ1v) is 6.58. The van der Waals surface area contributed by atoms with Gasteiger partial charge in [0.2, 0.25) is 0 Å². The first-order chi connectivity index (χ1) is 6.86. The van der Waals surface area contributed by atoms with Crippen LogP contribution in [0.3, 0.4) is 0 Å². The predicted molar refractivity (Wildman–Crippen MR) is 63.2 cm³/mol. The van der Waals surface area contributed by atoms with E-state index in [2.05, 4.69) is 22.4 Å². The van der Waals surface area contributed by atoms with E-state index in [0.29, 0.717) is 0 Å². The Labute approximate surface area is 94.7 Å². The van der Waals surface area contributed by atoms with Crippen molar-refractivity contribution >= 4 is 22.9 Å². The first kappa shape index (κ1) is 10.5. The van der Waals surface area contributed by atoms with Gasteiger partial charge in [0.05, 0.1) is 5.38 Å². The molecule has 14 heavy (non-hydrogen) atoms. The number of nitrogens with zero attached hydrogens (tertiary/aromatic N) is 1. The molecule has 0 bridgehead atoms. The number of thiophene rings is 1. The summed E-state index contributed by atoms with van der Waals surface area (Å²) in [5.74, 6) is 0. The summed E-state index contributed by atoms with van der Waals surface area (Å²) in [6.07, 6.45) is 3.82. The van der Waals surface area contributed by atoms with Gasteiger partial charge in [0.25, 0.3) is 0 Å². The summed E-state index contributed by atoms with van der Waals surface area (Å²) < 4.78 is 0. The fraction of sp³-hybridized carbons (Fsp3) is 0.636. The van der Waals surface area contributed by atoms with Gasteiger partial charge in [-0.2, -0.15) is 0 Å². The zero-order chi connectivity index (χ0) is 9.80. The van der Waals surface area contributed by atoms with Crippen LogP contribution in [-0.2, 0) is 0 Å². The topological polar surface area (TPSA) is 3.24 Å². The van der Waals surface area contributed by atoms with Crippen LogP contribution in [0.15, 0.2) is 17.5 Å². The van der Waals surface area contributed by atoms with Crippen LogP contribution < -0.4 is 0 Å². The summed E-state index contributed by atoms with van der Waals surface area (Å²) in [5, 5.41) is 2.32. The molecule has 2 rings (SSSR count). The maximum Gasteiger partial charge on any atom is 0.0690 e. The minimum atomic E-state index is 0.218. The molecule has 1 aliphatic rings. The monoisotopic (exact) mass is 229 g/mol. The summed E-state index contributed by atoms with van der Waals surface area (Å²) in [6, 6.07) is 4.21. The number of hydrogen-bond donors (Lipinski definition) is 0. The molecule has 0 radical (unpaired) electrons. The second-order valence-electron chi connectivity index (χ2n) is 3.82. The molecular formula is C11H16ClNS.